The van der Waals surface area contributed by atoms with Crippen molar-refractivity contribution < 1.29 is 23.9 Å². The first-order valence-corrected chi connectivity index (χ1v) is 17.3. The van der Waals surface area contributed by atoms with Crippen molar-refractivity contribution in [2.45, 2.75) is 83.8 Å². The number of carboxylic acids is 1. The van der Waals surface area contributed by atoms with Gasteiger partial charge in [-0.1, -0.05) is 81.4 Å². The molecule has 7 nitrogen and oxygen atoms in total. The number of aliphatic carboxylic acids is 1. The SMILES string of the molecule is CC(C)(Cc1cccc(CC(=O)O)c1)NC[C@@H](O[Si](C)(C)C(C)(C)C)c1ccc(OCc2ccccc2)c(NC=O)c1. The first kappa shape index (κ1) is 33.0. The van der Waals surface area contributed by atoms with Crippen LogP contribution in [0.4, 0.5) is 5.69 Å². The van der Waals surface area contributed by atoms with Gasteiger partial charge in [0.2, 0.25) is 6.41 Å². The largest absolute Gasteiger partial charge is 0.487 e. The standard InChI is InChI=1S/C34H46N2O5Si/c1-33(2,3)42(6,7)41-31(22-36-34(4,5)21-27-15-11-14-26(18-27)19-32(38)39)28-16-17-30(29(20-28)35-24-37)40-23-25-12-9-8-10-13-25/h8-18,20,24,31,36H,19,21-23H2,1-7H3,(H,35,37)(H,38,39)/t31-/m1/s1. The molecule has 3 rings (SSSR count). The van der Waals surface area contributed by atoms with E-state index in [2.05, 4.69) is 58.3 Å². The molecule has 0 aliphatic heterocycles. The van der Waals surface area contributed by atoms with Crippen LogP contribution in [0.1, 0.15) is 63.0 Å². The zero-order valence-corrected chi connectivity index (χ0v) is 27.0. The van der Waals surface area contributed by atoms with Gasteiger partial charge in [-0.25, -0.2) is 0 Å². The van der Waals surface area contributed by atoms with E-state index >= 15 is 0 Å². The summed E-state index contributed by atoms with van der Waals surface area (Å²) >= 11 is 0. The number of rotatable bonds is 15. The Morgan fingerprint density at radius 2 is 1.60 bits per heavy atom. The molecule has 3 aromatic carbocycles. The Hall–Kier alpha value is -3.46. The number of hydrogen-bond donors (Lipinski definition) is 3. The Bertz CT molecular complexity index is 1340. The van der Waals surface area contributed by atoms with E-state index in [0.29, 0.717) is 31.0 Å². The van der Waals surface area contributed by atoms with E-state index in [-0.39, 0.29) is 23.1 Å². The topological polar surface area (TPSA) is 96.9 Å². The smallest absolute Gasteiger partial charge is 0.307 e. The van der Waals surface area contributed by atoms with E-state index in [4.69, 9.17) is 9.16 Å². The Morgan fingerprint density at radius 1 is 0.929 bits per heavy atom. The number of amides is 1. The highest BCUT2D eigenvalue weighted by Crippen LogP contribution is 2.40. The molecule has 42 heavy (non-hydrogen) atoms. The van der Waals surface area contributed by atoms with Crippen molar-refractivity contribution in [2.75, 3.05) is 11.9 Å². The lowest BCUT2D eigenvalue weighted by atomic mass is 9.93. The van der Waals surface area contributed by atoms with Gasteiger partial charge >= 0.3 is 5.97 Å². The molecule has 0 saturated carbocycles. The molecule has 0 heterocycles. The first-order chi connectivity index (χ1) is 19.7. The lowest BCUT2D eigenvalue weighted by Gasteiger charge is -2.40. The maximum Gasteiger partial charge on any atom is 0.307 e. The number of nitrogens with one attached hydrogen (secondary N) is 2. The first-order valence-electron chi connectivity index (χ1n) is 14.4. The number of carbonyl (C=O) groups excluding carboxylic acids is 1. The van der Waals surface area contributed by atoms with E-state index in [1.54, 1.807) is 0 Å². The van der Waals surface area contributed by atoms with E-state index in [9.17, 15) is 14.7 Å². The van der Waals surface area contributed by atoms with Gasteiger partial charge < -0.3 is 24.9 Å². The molecule has 0 fully saturated rings. The molecular weight excluding hydrogens is 544 g/mol. The summed E-state index contributed by atoms with van der Waals surface area (Å²) in [5, 5.41) is 15.7. The van der Waals surface area contributed by atoms with Crippen LogP contribution < -0.4 is 15.4 Å². The second-order valence-electron chi connectivity index (χ2n) is 13.0. The fraction of sp³-hybridized carbons (Fsp3) is 0.412. The van der Waals surface area contributed by atoms with E-state index in [0.717, 1.165) is 28.7 Å². The van der Waals surface area contributed by atoms with Crippen LogP contribution in [0, 0.1) is 0 Å². The van der Waals surface area contributed by atoms with E-state index < -0.39 is 14.3 Å². The minimum Gasteiger partial charge on any atom is -0.487 e. The van der Waals surface area contributed by atoms with Gasteiger partial charge in [0.1, 0.15) is 12.4 Å². The molecular formula is C34H46N2O5Si. The number of hydrogen-bond acceptors (Lipinski definition) is 5. The average Bonchev–Trinajstić information content (AvgIpc) is 2.90. The zero-order valence-electron chi connectivity index (χ0n) is 26.0. The van der Waals surface area contributed by atoms with E-state index in [1.165, 1.54) is 0 Å². The summed E-state index contributed by atoms with van der Waals surface area (Å²) in [7, 11) is -2.17. The van der Waals surface area contributed by atoms with Gasteiger partial charge in [-0.05, 0) is 72.8 Å². The minimum atomic E-state index is -2.17. The molecule has 3 aromatic rings. The Labute approximate surface area is 251 Å². The molecule has 3 N–H and O–H groups in total. The van der Waals surface area contributed by atoms with Gasteiger partial charge in [0.25, 0.3) is 0 Å². The highest BCUT2D eigenvalue weighted by molar-refractivity contribution is 6.74. The summed E-state index contributed by atoms with van der Waals surface area (Å²) in [6, 6.07) is 23.5. The highest BCUT2D eigenvalue weighted by Gasteiger charge is 2.40. The van der Waals surface area contributed by atoms with Crippen molar-refractivity contribution in [3.63, 3.8) is 0 Å². The number of ether oxygens (including phenoxy) is 1. The monoisotopic (exact) mass is 590 g/mol. The van der Waals surface area contributed by atoms with Crippen LogP contribution in [0.2, 0.25) is 18.1 Å². The van der Waals surface area contributed by atoms with Gasteiger partial charge in [0, 0.05) is 12.1 Å². The van der Waals surface area contributed by atoms with Gasteiger partial charge in [0.05, 0.1) is 18.2 Å². The maximum atomic E-state index is 11.5. The van der Waals surface area contributed by atoms with Crippen LogP contribution in [0.5, 0.6) is 5.75 Å². The van der Waals surface area contributed by atoms with Crippen molar-refractivity contribution in [1.82, 2.24) is 5.32 Å². The molecule has 1 amide bonds. The fourth-order valence-electron chi connectivity index (χ4n) is 4.51. The quantitative estimate of drug-likeness (QED) is 0.129. The van der Waals surface area contributed by atoms with Gasteiger partial charge in [-0.3, -0.25) is 9.59 Å². The number of benzene rings is 3. The van der Waals surface area contributed by atoms with E-state index in [1.807, 2.05) is 72.8 Å². The van der Waals surface area contributed by atoms with Crippen LogP contribution in [-0.4, -0.2) is 37.9 Å². The molecule has 0 saturated heterocycles. The molecule has 0 radical (unpaired) electrons. The van der Waals surface area contributed by atoms with Gasteiger partial charge in [0.15, 0.2) is 8.32 Å². The molecule has 0 bridgehead atoms. The molecule has 0 spiro atoms. The maximum absolute atomic E-state index is 11.5. The fourth-order valence-corrected chi connectivity index (χ4v) is 5.80. The predicted molar refractivity (Wildman–Crippen MR) is 171 cm³/mol. The third-order valence-electron chi connectivity index (χ3n) is 7.83. The van der Waals surface area contributed by atoms with Crippen LogP contribution in [0.15, 0.2) is 72.8 Å². The molecule has 0 aliphatic rings. The number of carbonyl (C=O) groups is 2. The summed E-state index contributed by atoms with van der Waals surface area (Å²) in [4.78, 5) is 22.7. The van der Waals surface area contributed by atoms with Crippen LogP contribution in [0.25, 0.3) is 0 Å². The Balaban J connectivity index is 1.84. The molecule has 1 atom stereocenters. The van der Waals surface area contributed by atoms with Crippen molar-refractivity contribution in [1.29, 1.82) is 0 Å². The van der Waals surface area contributed by atoms with Crippen molar-refractivity contribution in [2.24, 2.45) is 0 Å². The molecule has 0 aliphatic carbocycles. The molecule has 226 valence electrons. The van der Waals surface area contributed by atoms with Crippen LogP contribution in [-0.2, 0) is 33.5 Å². The van der Waals surface area contributed by atoms with Crippen LogP contribution in [0.3, 0.4) is 0 Å². The zero-order chi connectivity index (χ0) is 31.0. The summed E-state index contributed by atoms with van der Waals surface area (Å²) in [5.41, 5.74) is 4.15. The second-order valence-corrected chi connectivity index (χ2v) is 17.7. The number of carboxylic acid groups (broad SMARTS) is 1. The third-order valence-corrected chi connectivity index (χ3v) is 12.3. The van der Waals surface area contributed by atoms with Crippen molar-refractivity contribution in [3.8, 4) is 5.75 Å². The average molecular weight is 591 g/mol. The predicted octanol–water partition coefficient (Wildman–Crippen LogP) is 7.13. The summed E-state index contributed by atoms with van der Waals surface area (Å²) in [6.45, 7) is 16.4. The lowest BCUT2D eigenvalue weighted by molar-refractivity contribution is -0.136. The van der Waals surface area contributed by atoms with Crippen molar-refractivity contribution >= 4 is 26.4 Å². The molecule has 8 heteroatoms. The molecule has 0 unspecified atom stereocenters. The lowest BCUT2D eigenvalue weighted by Crippen LogP contribution is -2.47. The summed E-state index contributed by atoms with van der Waals surface area (Å²) in [5.74, 6) is -0.245. The summed E-state index contributed by atoms with van der Waals surface area (Å²) < 4.78 is 13.0. The van der Waals surface area contributed by atoms with Crippen molar-refractivity contribution in [3.05, 3.63) is 95.1 Å². The van der Waals surface area contributed by atoms with Crippen LogP contribution >= 0.6 is 0 Å². The number of anilines is 1. The molecule has 0 aromatic heterocycles. The Morgan fingerprint density at radius 3 is 2.24 bits per heavy atom. The third kappa shape index (κ3) is 9.82. The second kappa shape index (κ2) is 14.1. The van der Waals surface area contributed by atoms with Gasteiger partial charge in [-0.2, -0.15) is 0 Å². The highest BCUT2D eigenvalue weighted by atomic mass is 28.4. The Kier molecular flexibility index (Phi) is 11.1. The normalized spacial score (nSPS) is 12.9. The summed E-state index contributed by atoms with van der Waals surface area (Å²) in [6.07, 6.45) is 1.13. The minimum absolute atomic E-state index is 0.00629. The van der Waals surface area contributed by atoms with Gasteiger partial charge in [-0.15, -0.1) is 0 Å².